The summed E-state index contributed by atoms with van der Waals surface area (Å²) in [5, 5.41) is 13.5. The highest BCUT2D eigenvalue weighted by Crippen LogP contribution is 2.51. The molecule has 2 N–H and O–H groups in total. The topological polar surface area (TPSA) is 122 Å². The number of fused-ring (bicyclic) bond motifs is 3. The zero-order valence-corrected chi connectivity index (χ0v) is 29.1. The number of piperidine rings is 1. The van der Waals surface area contributed by atoms with E-state index in [0.717, 1.165) is 44.1 Å². The first kappa shape index (κ1) is 34.6. The highest BCUT2D eigenvalue weighted by Gasteiger charge is 2.56. The summed E-state index contributed by atoms with van der Waals surface area (Å²) in [4.78, 5) is 41.2. The van der Waals surface area contributed by atoms with Gasteiger partial charge in [-0.1, -0.05) is 25.1 Å². The van der Waals surface area contributed by atoms with Crippen molar-refractivity contribution < 1.29 is 32.6 Å². The highest BCUT2D eigenvalue weighted by molar-refractivity contribution is 6.01. The monoisotopic (exact) mass is 724 g/mol. The van der Waals surface area contributed by atoms with Crippen LogP contribution in [0.5, 0.6) is 5.75 Å². The fourth-order valence-electron chi connectivity index (χ4n) is 8.79. The average Bonchev–Trinajstić information content (AvgIpc) is 3.66. The van der Waals surface area contributed by atoms with Crippen LogP contribution in [0.2, 0.25) is 0 Å². The molecule has 1 saturated heterocycles. The molecule has 13 heteroatoms. The highest BCUT2D eigenvalue weighted by atomic mass is 19.4. The number of pyridine rings is 1. The second kappa shape index (κ2) is 13.5. The van der Waals surface area contributed by atoms with Crippen molar-refractivity contribution in [2.75, 3.05) is 18.0 Å². The maximum Gasteiger partial charge on any atom is 0.434 e. The molecule has 2 saturated carbocycles. The van der Waals surface area contributed by atoms with Gasteiger partial charge in [0, 0.05) is 67.2 Å². The van der Waals surface area contributed by atoms with Crippen LogP contribution in [0.1, 0.15) is 61.5 Å². The molecule has 274 valence electrons. The van der Waals surface area contributed by atoms with Crippen LogP contribution in [-0.2, 0) is 11.0 Å². The Labute approximate surface area is 304 Å². The van der Waals surface area contributed by atoms with E-state index in [1.165, 1.54) is 6.07 Å². The van der Waals surface area contributed by atoms with Gasteiger partial charge in [-0.15, -0.1) is 0 Å². The van der Waals surface area contributed by atoms with Crippen LogP contribution in [0.15, 0.2) is 85.3 Å². The van der Waals surface area contributed by atoms with Crippen LogP contribution in [0, 0.1) is 17.8 Å². The van der Waals surface area contributed by atoms with Crippen molar-refractivity contribution in [3.05, 3.63) is 96.6 Å². The molecular weight excluding hydrogens is 685 g/mol. The predicted octanol–water partition coefficient (Wildman–Crippen LogP) is 7.56. The van der Waals surface area contributed by atoms with E-state index in [4.69, 9.17) is 4.74 Å². The normalized spacial score (nSPS) is 23.2. The van der Waals surface area contributed by atoms with Gasteiger partial charge in [-0.3, -0.25) is 4.79 Å². The number of amides is 1. The number of aliphatic carboxylic acids is 1. The van der Waals surface area contributed by atoms with Gasteiger partial charge in [0.25, 0.3) is 5.91 Å². The maximum absolute atomic E-state index is 14.7. The molecule has 0 spiro atoms. The Bertz CT molecular complexity index is 2150. The van der Waals surface area contributed by atoms with Crippen LogP contribution < -0.4 is 15.0 Å². The molecule has 2 bridgehead atoms. The number of benzene rings is 2. The Kier molecular flexibility index (Phi) is 8.82. The lowest BCUT2D eigenvalue weighted by Gasteiger charge is -2.33. The average molecular weight is 725 g/mol. The molecular formula is C40H39F3N6O4. The van der Waals surface area contributed by atoms with Gasteiger partial charge in [-0.25, -0.2) is 19.7 Å². The molecule has 53 heavy (non-hydrogen) atoms. The van der Waals surface area contributed by atoms with Crippen molar-refractivity contribution in [3.63, 3.8) is 0 Å². The van der Waals surface area contributed by atoms with E-state index in [1.807, 2.05) is 60.0 Å². The second-order valence-corrected chi connectivity index (χ2v) is 14.7. The maximum atomic E-state index is 14.7. The number of rotatable bonds is 8. The number of aromatic nitrogens is 4. The molecule has 4 heterocycles. The molecule has 2 aliphatic carbocycles. The first-order valence-electron chi connectivity index (χ1n) is 18.0. The number of carbonyl (C=O) groups is 2. The van der Waals surface area contributed by atoms with Crippen LogP contribution in [0.4, 0.5) is 19.1 Å². The summed E-state index contributed by atoms with van der Waals surface area (Å²) in [7, 11) is 0. The molecule has 1 amide bonds. The van der Waals surface area contributed by atoms with E-state index in [-0.39, 0.29) is 36.0 Å². The fraction of sp³-hybridized carbons (Fsp3) is 0.375. The minimum Gasteiger partial charge on any atom is -0.490 e. The van der Waals surface area contributed by atoms with Crippen molar-refractivity contribution in [1.29, 1.82) is 0 Å². The smallest absolute Gasteiger partial charge is 0.434 e. The lowest BCUT2D eigenvalue weighted by atomic mass is 9.78. The third kappa shape index (κ3) is 6.57. The lowest BCUT2D eigenvalue weighted by molar-refractivity contribution is -0.146. The van der Waals surface area contributed by atoms with E-state index in [2.05, 4.69) is 25.2 Å². The summed E-state index contributed by atoms with van der Waals surface area (Å²) < 4.78 is 52.5. The van der Waals surface area contributed by atoms with E-state index in [0.29, 0.717) is 41.0 Å². The number of para-hydroxylation sites is 1. The Balaban J connectivity index is 1.11. The van der Waals surface area contributed by atoms with Crippen molar-refractivity contribution >= 4 is 28.7 Å². The van der Waals surface area contributed by atoms with E-state index >= 15 is 0 Å². The van der Waals surface area contributed by atoms with Crippen LogP contribution in [0.3, 0.4) is 0 Å². The molecule has 1 aliphatic heterocycles. The second-order valence-electron chi connectivity index (χ2n) is 14.7. The van der Waals surface area contributed by atoms with Crippen LogP contribution in [0.25, 0.3) is 27.8 Å². The molecule has 4 unspecified atom stereocenters. The number of ether oxygens (including phenoxy) is 1. The fourth-order valence-corrected chi connectivity index (χ4v) is 8.79. The molecule has 3 aromatic heterocycles. The van der Waals surface area contributed by atoms with Gasteiger partial charge in [-0.2, -0.15) is 13.2 Å². The summed E-state index contributed by atoms with van der Waals surface area (Å²) in [6.45, 7) is 3.51. The van der Waals surface area contributed by atoms with E-state index in [1.54, 1.807) is 24.7 Å². The third-order valence-electron chi connectivity index (χ3n) is 11.1. The van der Waals surface area contributed by atoms with Gasteiger partial charge in [-0.05, 0) is 85.9 Å². The van der Waals surface area contributed by atoms with Gasteiger partial charge < -0.3 is 24.6 Å². The molecule has 3 fully saturated rings. The first-order valence-corrected chi connectivity index (χ1v) is 18.0. The Morgan fingerprint density at radius 1 is 0.962 bits per heavy atom. The number of halogens is 3. The van der Waals surface area contributed by atoms with E-state index in [9.17, 15) is 27.9 Å². The SMILES string of the molecule is CC1CC2CC(C1)C(NC(=O)c1ccc(-c3cn(-c4ccccc4)c4cc(OC5CCN(c6ncccn6)CC5)ccc34)nc1C(F)(F)F)(C(=O)O)C2. The molecule has 10 nitrogen and oxygen atoms in total. The number of nitrogens with zero attached hydrogens (tertiary/aromatic N) is 5. The molecule has 8 rings (SSSR count). The summed E-state index contributed by atoms with van der Waals surface area (Å²) in [6, 6.07) is 19.2. The van der Waals surface area contributed by atoms with Crippen molar-refractivity contribution in [2.45, 2.75) is 63.3 Å². The predicted molar refractivity (Wildman–Crippen MR) is 192 cm³/mol. The molecule has 5 aromatic rings. The van der Waals surface area contributed by atoms with Gasteiger partial charge >= 0.3 is 12.1 Å². The molecule has 0 radical (unpaired) electrons. The number of hydrogen-bond acceptors (Lipinski definition) is 7. The zero-order valence-electron chi connectivity index (χ0n) is 29.1. The number of alkyl halides is 3. The van der Waals surface area contributed by atoms with Gasteiger partial charge in [0.15, 0.2) is 5.69 Å². The van der Waals surface area contributed by atoms with Gasteiger partial charge in [0.05, 0.1) is 16.8 Å². The third-order valence-corrected chi connectivity index (χ3v) is 11.1. The first-order chi connectivity index (χ1) is 25.5. The lowest BCUT2D eigenvalue weighted by Crippen LogP contribution is -2.57. The zero-order chi connectivity index (χ0) is 36.9. The van der Waals surface area contributed by atoms with Crippen molar-refractivity contribution in [1.82, 2.24) is 24.8 Å². The summed E-state index contributed by atoms with van der Waals surface area (Å²) in [6.07, 6.45) is 3.92. The number of nitrogens with one attached hydrogen (secondary N) is 1. The van der Waals surface area contributed by atoms with Crippen molar-refractivity contribution in [3.8, 4) is 22.7 Å². The number of carboxylic acid groups (broad SMARTS) is 1. The van der Waals surface area contributed by atoms with Crippen LogP contribution in [-0.4, -0.2) is 61.2 Å². The number of hydrogen-bond donors (Lipinski definition) is 2. The summed E-state index contributed by atoms with van der Waals surface area (Å²) in [5.74, 6) is -0.969. The molecule has 2 aromatic carbocycles. The Morgan fingerprint density at radius 2 is 1.72 bits per heavy atom. The molecule has 3 aliphatic rings. The molecule has 4 atom stereocenters. The van der Waals surface area contributed by atoms with Gasteiger partial charge in [0.1, 0.15) is 17.4 Å². The largest absolute Gasteiger partial charge is 0.490 e. The van der Waals surface area contributed by atoms with Crippen molar-refractivity contribution in [2.24, 2.45) is 17.8 Å². The number of carboxylic acids is 1. The minimum absolute atomic E-state index is 0.0243. The Morgan fingerprint density at radius 3 is 2.43 bits per heavy atom. The Hall–Kier alpha value is -5.46. The minimum atomic E-state index is -4.99. The standard InChI is InChI=1S/C40H39F3N6O4/c1-24-18-25-20-26(19-24)39(22-25,37(51)52)47-36(50)31-10-11-33(46-35(31)40(41,42)43)32-23-49(27-6-3-2-4-7-27)34-21-29(8-9-30(32)34)53-28-12-16-48(17-13-28)38-44-14-5-15-45-38/h2-11,14-15,21,23-26,28H,12-13,16-20,22H2,1H3,(H,47,50)(H,51,52). The number of anilines is 1. The number of carbonyl (C=O) groups excluding carboxylic acids is 1. The van der Waals surface area contributed by atoms with Crippen LogP contribution >= 0.6 is 0 Å². The van der Waals surface area contributed by atoms with Gasteiger partial charge in [0.2, 0.25) is 5.95 Å². The quantitative estimate of drug-likeness (QED) is 0.168. The summed E-state index contributed by atoms with van der Waals surface area (Å²) >= 11 is 0. The van der Waals surface area contributed by atoms with E-state index < -0.39 is 34.8 Å². The summed E-state index contributed by atoms with van der Waals surface area (Å²) in [5.41, 5.74) is -1.73.